The average Bonchev–Trinajstić information content (AvgIpc) is 2.75. The Labute approximate surface area is 106 Å². The standard InChI is InChI=1S/C13H17N3S/c1-10-4-3-5-11(8-10)6-7-12-15-16-13(17-12)9-14-2/h3-5,8,14H,6-7,9H2,1-2H3. The van der Waals surface area contributed by atoms with Crippen LogP contribution in [0.3, 0.4) is 0 Å². The molecule has 1 aromatic carbocycles. The van der Waals surface area contributed by atoms with Crippen molar-refractivity contribution in [1.82, 2.24) is 15.5 Å². The molecule has 0 saturated heterocycles. The summed E-state index contributed by atoms with van der Waals surface area (Å²) in [6.07, 6.45) is 2.01. The van der Waals surface area contributed by atoms with E-state index in [2.05, 4.69) is 46.7 Å². The van der Waals surface area contributed by atoms with Crippen molar-refractivity contribution in [3.63, 3.8) is 0 Å². The van der Waals surface area contributed by atoms with Gasteiger partial charge in [-0.15, -0.1) is 21.5 Å². The van der Waals surface area contributed by atoms with Crippen LogP contribution in [0.1, 0.15) is 21.1 Å². The van der Waals surface area contributed by atoms with Crippen molar-refractivity contribution in [2.24, 2.45) is 0 Å². The molecule has 0 bridgehead atoms. The summed E-state index contributed by atoms with van der Waals surface area (Å²) in [6, 6.07) is 8.63. The first kappa shape index (κ1) is 12.2. The Morgan fingerprint density at radius 2 is 2.00 bits per heavy atom. The fourth-order valence-corrected chi connectivity index (χ4v) is 2.59. The summed E-state index contributed by atoms with van der Waals surface area (Å²) in [7, 11) is 1.92. The molecule has 0 spiro atoms. The van der Waals surface area contributed by atoms with Crippen LogP contribution in [0.2, 0.25) is 0 Å². The van der Waals surface area contributed by atoms with E-state index in [9.17, 15) is 0 Å². The summed E-state index contributed by atoms with van der Waals surface area (Å²) in [5.74, 6) is 0. The number of hydrogen-bond donors (Lipinski definition) is 1. The highest BCUT2D eigenvalue weighted by atomic mass is 32.1. The smallest absolute Gasteiger partial charge is 0.131 e. The zero-order valence-corrected chi connectivity index (χ0v) is 11.0. The van der Waals surface area contributed by atoms with Gasteiger partial charge >= 0.3 is 0 Å². The average molecular weight is 247 g/mol. The van der Waals surface area contributed by atoms with E-state index < -0.39 is 0 Å². The second-order valence-electron chi connectivity index (χ2n) is 4.11. The van der Waals surface area contributed by atoms with Gasteiger partial charge in [-0.2, -0.15) is 0 Å². The van der Waals surface area contributed by atoms with Crippen LogP contribution in [0.15, 0.2) is 24.3 Å². The first-order chi connectivity index (χ1) is 8.28. The molecule has 2 rings (SSSR count). The SMILES string of the molecule is CNCc1nnc(CCc2cccc(C)c2)s1. The summed E-state index contributed by atoms with van der Waals surface area (Å²) in [5, 5.41) is 13.6. The topological polar surface area (TPSA) is 37.8 Å². The minimum absolute atomic E-state index is 0.808. The summed E-state index contributed by atoms with van der Waals surface area (Å²) in [4.78, 5) is 0. The molecule has 0 fully saturated rings. The largest absolute Gasteiger partial charge is 0.313 e. The molecule has 0 aliphatic heterocycles. The Hall–Kier alpha value is -1.26. The van der Waals surface area contributed by atoms with Gasteiger partial charge in [-0.1, -0.05) is 29.8 Å². The fraction of sp³-hybridized carbons (Fsp3) is 0.385. The molecule has 2 aromatic rings. The molecule has 0 atom stereocenters. The Balaban J connectivity index is 1.93. The Bertz CT molecular complexity index is 479. The lowest BCUT2D eigenvalue weighted by atomic mass is 10.1. The predicted octanol–water partition coefficient (Wildman–Crippen LogP) is 2.35. The Kier molecular flexibility index (Phi) is 4.23. The molecule has 3 nitrogen and oxygen atoms in total. The van der Waals surface area contributed by atoms with E-state index in [-0.39, 0.29) is 0 Å². The number of nitrogens with one attached hydrogen (secondary N) is 1. The minimum atomic E-state index is 0.808. The van der Waals surface area contributed by atoms with Gasteiger partial charge in [0.1, 0.15) is 10.0 Å². The van der Waals surface area contributed by atoms with Crippen LogP contribution in [0.25, 0.3) is 0 Å². The van der Waals surface area contributed by atoms with Gasteiger partial charge in [0.15, 0.2) is 0 Å². The van der Waals surface area contributed by atoms with Crippen molar-refractivity contribution >= 4 is 11.3 Å². The van der Waals surface area contributed by atoms with Crippen molar-refractivity contribution in [2.45, 2.75) is 26.3 Å². The van der Waals surface area contributed by atoms with E-state index in [0.717, 1.165) is 29.4 Å². The van der Waals surface area contributed by atoms with Gasteiger partial charge in [-0.05, 0) is 26.0 Å². The molecule has 1 aromatic heterocycles. The van der Waals surface area contributed by atoms with Gasteiger partial charge in [0.25, 0.3) is 0 Å². The van der Waals surface area contributed by atoms with Gasteiger partial charge in [-0.25, -0.2) is 0 Å². The zero-order chi connectivity index (χ0) is 12.1. The van der Waals surface area contributed by atoms with E-state index in [1.807, 2.05) is 7.05 Å². The van der Waals surface area contributed by atoms with E-state index in [1.165, 1.54) is 11.1 Å². The highest BCUT2D eigenvalue weighted by Gasteiger charge is 2.03. The van der Waals surface area contributed by atoms with E-state index in [4.69, 9.17) is 0 Å². The molecule has 1 N–H and O–H groups in total. The van der Waals surface area contributed by atoms with E-state index >= 15 is 0 Å². The monoisotopic (exact) mass is 247 g/mol. The first-order valence-electron chi connectivity index (χ1n) is 5.79. The summed E-state index contributed by atoms with van der Waals surface area (Å²) in [6.45, 7) is 2.93. The Morgan fingerprint density at radius 1 is 1.18 bits per heavy atom. The maximum atomic E-state index is 4.20. The predicted molar refractivity (Wildman–Crippen MR) is 71.3 cm³/mol. The number of aromatic nitrogens is 2. The van der Waals surface area contributed by atoms with E-state index in [1.54, 1.807) is 11.3 Å². The maximum absolute atomic E-state index is 4.20. The van der Waals surface area contributed by atoms with Crippen molar-refractivity contribution in [3.8, 4) is 0 Å². The third-order valence-electron chi connectivity index (χ3n) is 2.55. The van der Waals surface area contributed by atoms with Gasteiger partial charge in [0.05, 0.1) is 0 Å². The highest BCUT2D eigenvalue weighted by molar-refractivity contribution is 7.11. The van der Waals surface area contributed by atoms with Crippen LogP contribution >= 0.6 is 11.3 Å². The summed E-state index contributed by atoms with van der Waals surface area (Å²) in [5.41, 5.74) is 2.69. The number of nitrogens with zero attached hydrogens (tertiary/aromatic N) is 2. The zero-order valence-electron chi connectivity index (χ0n) is 10.2. The molecule has 17 heavy (non-hydrogen) atoms. The van der Waals surface area contributed by atoms with Gasteiger partial charge in [0.2, 0.25) is 0 Å². The van der Waals surface area contributed by atoms with Crippen LogP contribution in [0.4, 0.5) is 0 Å². The number of aryl methyl sites for hydroxylation is 3. The van der Waals surface area contributed by atoms with Gasteiger partial charge < -0.3 is 5.32 Å². The molecule has 0 unspecified atom stereocenters. The van der Waals surface area contributed by atoms with Crippen LogP contribution in [0, 0.1) is 6.92 Å². The quantitative estimate of drug-likeness (QED) is 0.881. The molecule has 0 radical (unpaired) electrons. The van der Waals surface area contributed by atoms with Crippen molar-refractivity contribution in [2.75, 3.05) is 7.05 Å². The lowest BCUT2D eigenvalue weighted by molar-refractivity contribution is 0.789. The molecule has 0 amide bonds. The maximum Gasteiger partial charge on any atom is 0.131 e. The lowest BCUT2D eigenvalue weighted by Crippen LogP contribution is -2.04. The van der Waals surface area contributed by atoms with Crippen LogP contribution in [-0.4, -0.2) is 17.2 Å². The van der Waals surface area contributed by atoms with Gasteiger partial charge in [-0.3, -0.25) is 0 Å². The third-order valence-corrected chi connectivity index (χ3v) is 3.53. The second-order valence-corrected chi connectivity index (χ2v) is 5.26. The number of rotatable bonds is 5. The number of benzene rings is 1. The molecule has 4 heteroatoms. The van der Waals surface area contributed by atoms with Crippen LogP contribution < -0.4 is 5.32 Å². The first-order valence-corrected chi connectivity index (χ1v) is 6.61. The fourth-order valence-electron chi connectivity index (χ4n) is 1.73. The van der Waals surface area contributed by atoms with E-state index in [0.29, 0.717) is 0 Å². The molecule has 0 aliphatic rings. The Morgan fingerprint density at radius 3 is 2.76 bits per heavy atom. The van der Waals surface area contributed by atoms with Crippen molar-refractivity contribution in [1.29, 1.82) is 0 Å². The molecule has 1 heterocycles. The second kappa shape index (κ2) is 5.89. The summed E-state index contributed by atoms with van der Waals surface area (Å²) < 4.78 is 0. The van der Waals surface area contributed by atoms with Crippen LogP contribution in [0.5, 0.6) is 0 Å². The van der Waals surface area contributed by atoms with Crippen molar-refractivity contribution in [3.05, 3.63) is 45.4 Å². The molecule has 0 aliphatic carbocycles. The lowest BCUT2D eigenvalue weighted by Gasteiger charge is -1.99. The minimum Gasteiger partial charge on any atom is -0.313 e. The highest BCUT2D eigenvalue weighted by Crippen LogP contribution is 2.13. The number of hydrogen-bond acceptors (Lipinski definition) is 4. The molecular formula is C13H17N3S. The molecule has 0 saturated carbocycles. The summed E-state index contributed by atoms with van der Waals surface area (Å²) >= 11 is 1.70. The van der Waals surface area contributed by atoms with Crippen LogP contribution in [-0.2, 0) is 19.4 Å². The molecule has 90 valence electrons. The third kappa shape index (κ3) is 3.61. The molecular weight excluding hydrogens is 230 g/mol. The normalized spacial score (nSPS) is 10.7. The van der Waals surface area contributed by atoms with Crippen molar-refractivity contribution < 1.29 is 0 Å². The van der Waals surface area contributed by atoms with Gasteiger partial charge in [0, 0.05) is 13.0 Å².